The maximum Gasteiger partial charge on any atom is 0.308 e. The zero-order valence-electron chi connectivity index (χ0n) is 16.4. The summed E-state index contributed by atoms with van der Waals surface area (Å²) < 4.78 is 10.1. The van der Waals surface area contributed by atoms with Gasteiger partial charge in [-0.3, -0.25) is 19.2 Å². The number of carboxylic acid groups (broad SMARTS) is 2. The lowest BCUT2D eigenvalue weighted by atomic mass is 9.99. The summed E-state index contributed by atoms with van der Waals surface area (Å²) in [6.45, 7) is 2.48. The van der Waals surface area contributed by atoms with Crippen LogP contribution in [-0.4, -0.2) is 34.1 Å². The van der Waals surface area contributed by atoms with Crippen LogP contribution in [0.4, 0.5) is 0 Å². The van der Waals surface area contributed by atoms with E-state index >= 15 is 0 Å². The van der Waals surface area contributed by atoms with E-state index in [4.69, 9.17) is 19.7 Å². The summed E-state index contributed by atoms with van der Waals surface area (Å²) in [5.41, 5.74) is 2.07. The number of hydrogen-bond donors (Lipinski definition) is 2. The molecule has 0 bridgehead atoms. The molecule has 0 spiro atoms. The Morgan fingerprint density at radius 2 is 1.37 bits per heavy atom. The van der Waals surface area contributed by atoms with Crippen LogP contribution < -0.4 is 9.47 Å². The van der Waals surface area contributed by atoms with Crippen molar-refractivity contribution in [3.63, 3.8) is 0 Å². The van der Waals surface area contributed by atoms with Gasteiger partial charge >= 0.3 is 23.9 Å². The standard InChI is InChI=1S/C22H20O8/c1-13(23)29-19-8-16(9-20(12-19)30-14(2)24)4-6-17-5-3-15(10-21(25)26)7-18(17)11-22(27)28/h3-9,12H,10-11H2,1-2H3,(H,25,26)(H,27,28)/b6-4+. The Hall–Kier alpha value is -3.94. The predicted molar refractivity (Wildman–Crippen MR) is 107 cm³/mol. The molecule has 0 unspecified atom stereocenters. The molecule has 0 fully saturated rings. The highest BCUT2D eigenvalue weighted by Gasteiger charge is 2.10. The molecule has 8 heteroatoms. The normalized spacial score (nSPS) is 10.6. The molecule has 0 aliphatic carbocycles. The molecule has 0 radical (unpaired) electrons. The third kappa shape index (κ3) is 7.23. The fraction of sp³-hybridized carbons (Fsp3) is 0.182. The quantitative estimate of drug-likeness (QED) is 0.385. The lowest BCUT2D eigenvalue weighted by Crippen LogP contribution is -2.05. The second-order valence-corrected chi connectivity index (χ2v) is 6.43. The van der Waals surface area contributed by atoms with Gasteiger partial charge in [-0.1, -0.05) is 30.4 Å². The van der Waals surface area contributed by atoms with Crippen LogP contribution in [0.5, 0.6) is 11.5 Å². The maximum atomic E-state index is 11.2. The van der Waals surface area contributed by atoms with E-state index in [2.05, 4.69) is 0 Å². The van der Waals surface area contributed by atoms with Gasteiger partial charge in [0.2, 0.25) is 0 Å². The molecule has 8 nitrogen and oxygen atoms in total. The second kappa shape index (κ2) is 10.0. The monoisotopic (exact) mass is 412 g/mol. The summed E-state index contributed by atoms with van der Waals surface area (Å²) in [6, 6.07) is 9.30. The first-order valence-corrected chi connectivity index (χ1v) is 8.88. The Morgan fingerprint density at radius 3 is 1.87 bits per heavy atom. The Bertz CT molecular complexity index is 986. The zero-order chi connectivity index (χ0) is 22.3. The van der Waals surface area contributed by atoms with Crippen molar-refractivity contribution in [1.29, 1.82) is 0 Å². The molecule has 0 heterocycles. The molecule has 0 atom stereocenters. The van der Waals surface area contributed by atoms with E-state index in [0.29, 0.717) is 22.3 Å². The van der Waals surface area contributed by atoms with Crippen molar-refractivity contribution in [3.8, 4) is 11.5 Å². The molecule has 2 aromatic rings. The van der Waals surface area contributed by atoms with Crippen LogP contribution in [-0.2, 0) is 32.0 Å². The van der Waals surface area contributed by atoms with Crippen LogP contribution in [0.3, 0.4) is 0 Å². The van der Waals surface area contributed by atoms with Crippen LogP contribution in [0.25, 0.3) is 12.2 Å². The Morgan fingerprint density at radius 1 is 0.800 bits per heavy atom. The molecule has 30 heavy (non-hydrogen) atoms. The largest absolute Gasteiger partial charge is 0.481 e. The van der Waals surface area contributed by atoms with E-state index in [1.165, 1.54) is 19.9 Å². The van der Waals surface area contributed by atoms with Gasteiger partial charge in [0.1, 0.15) is 11.5 Å². The van der Waals surface area contributed by atoms with Crippen LogP contribution in [0.1, 0.15) is 36.1 Å². The minimum atomic E-state index is -1.05. The highest BCUT2D eigenvalue weighted by molar-refractivity contribution is 5.79. The summed E-state index contributed by atoms with van der Waals surface area (Å²) in [7, 11) is 0. The fourth-order valence-corrected chi connectivity index (χ4v) is 2.75. The molecule has 0 aliphatic heterocycles. The van der Waals surface area contributed by atoms with Crippen molar-refractivity contribution in [2.75, 3.05) is 0 Å². The van der Waals surface area contributed by atoms with Gasteiger partial charge in [0.15, 0.2) is 0 Å². The average Bonchev–Trinajstić information content (AvgIpc) is 2.58. The number of ether oxygens (including phenoxy) is 2. The summed E-state index contributed by atoms with van der Waals surface area (Å²) in [5.74, 6) is -2.77. The smallest absolute Gasteiger partial charge is 0.308 e. The van der Waals surface area contributed by atoms with E-state index in [1.807, 2.05) is 0 Å². The molecule has 2 N–H and O–H groups in total. The van der Waals surface area contributed by atoms with Gasteiger partial charge in [0.25, 0.3) is 0 Å². The summed E-state index contributed by atoms with van der Waals surface area (Å²) >= 11 is 0. The first-order valence-electron chi connectivity index (χ1n) is 8.88. The molecule has 0 aromatic heterocycles. The maximum absolute atomic E-state index is 11.2. The Labute approximate surface area is 172 Å². The molecular formula is C22H20O8. The van der Waals surface area contributed by atoms with E-state index in [9.17, 15) is 19.2 Å². The van der Waals surface area contributed by atoms with Gasteiger partial charge in [-0.05, 0) is 34.4 Å². The van der Waals surface area contributed by atoms with E-state index in [-0.39, 0.29) is 24.3 Å². The van der Waals surface area contributed by atoms with Gasteiger partial charge in [0, 0.05) is 19.9 Å². The lowest BCUT2D eigenvalue weighted by molar-refractivity contribution is -0.137. The minimum Gasteiger partial charge on any atom is -0.481 e. The molecule has 0 saturated heterocycles. The minimum absolute atomic E-state index is 0.184. The van der Waals surface area contributed by atoms with Gasteiger partial charge in [-0.25, -0.2) is 0 Å². The highest BCUT2D eigenvalue weighted by atomic mass is 16.5. The third-order valence-corrected chi connectivity index (χ3v) is 3.79. The number of carbonyl (C=O) groups is 4. The molecule has 0 amide bonds. The number of esters is 2. The molecular weight excluding hydrogens is 392 g/mol. The van der Waals surface area contributed by atoms with Crippen LogP contribution in [0.2, 0.25) is 0 Å². The van der Waals surface area contributed by atoms with Crippen LogP contribution in [0, 0.1) is 0 Å². The van der Waals surface area contributed by atoms with E-state index in [0.717, 1.165) is 0 Å². The molecule has 2 aromatic carbocycles. The van der Waals surface area contributed by atoms with Gasteiger partial charge in [0.05, 0.1) is 12.8 Å². The van der Waals surface area contributed by atoms with Gasteiger partial charge in [-0.2, -0.15) is 0 Å². The summed E-state index contributed by atoms with van der Waals surface area (Å²) in [5, 5.41) is 18.1. The SMILES string of the molecule is CC(=O)Oc1cc(/C=C/c2ccc(CC(=O)O)cc2CC(=O)O)cc(OC(C)=O)c1. The third-order valence-electron chi connectivity index (χ3n) is 3.79. The summed E-state index contributed by atoms with van der Waals surface area (Å²) in [4.78, 5) is 44.6. The number of benzene rings is 2. The van der Waals surface area contributed by atoms with Crippen molar-refractivity contribution >= 4 is 36.0 Å². The van der Waals surface area contributed by atoms with Crippen molar-refractivity contribution < 1.29 is 38.9 Å². The highest BCUT2D eigenvalue weighted by Crippen LogP contribution is 2.25. The number of rotatable bonds is 8. The summed E-state index contributed by atoms with van der Waals surface area (Å²) in [6.07, 6.45) is 2.79. The van der Waals surface area contributed by atoms with E-state index < -0.39 is 23.9 Å². The molecule has 2 rings (SSSR count). The average molecular weight is 412 g/mol. The number of carboxylic acids is 2. The first-order chi connectivity index (χ1) is 14.1. The Balaban J connectivity index is 2.41. The van der Waals surface area contributed by atoms with E-state index in [1.54, 1.807) is 42.5 Å². The van der Waals surface area contributed by atoms with Crippen LogP contribution >= 0.6 is 0 Å². The first kappa shape index (κ1) is 22.4. The van der Waals surface area contributed by atoms with Crippen molar-refractivity contribution in [2.24, 2.45) is 0 Å². The number of hydrogen-bond acceptors (Lipinski definition) is 6. The number of carbonyl (C=O) groups excluding carboxylic acids is 2. The van der Waals surface area contributed by atoms with Gasteiger partial charge < -0.3 is 19.7 Å². The predicted octanol–water partition coefficient (Wildman–Crippen LogP) is 2.96. The van der Waals surface area contributed by atoms with Crippen molar-refractivity contribution in [1.82, 2.24) is 0 Å². The Kier molecular flexibility index (Phi) is 7.46. The van der Waals surface area contributed by atoms with Crippen molar-refractivity contribution in [3.05, 3.63) is 58.7 Å². The zero-order valence-corrected chi connectivity index (χ0v) is 16.4. The molecule has 0 aliphatic rings. The lowest BCUT2D eigenvalue weighted by Gasteiger charge is -2.08. The molecule has 0 saturated carbocycles. The number of aliphatic carboxylic acids is 2. The van der Waals surface area contributed by atoms with Crippen LogP contribution in [0.15, 0.2) is 36.4 Å². The molecule has 156 valence electrons. The van der Waals surface area contributed by atoms with Crippen molar-refractivity contribution in [2.45, 2.75) is 26.7 Å². The topological polar surface area (TPSA) is 127 Å². The second-order valence-electron chi connectivity index (χ2n) is 6.43. The van der Waals surface area contributed by atoms with Gasteiger partial charge in [-0.15, -0.1) is 0 Å². The fourth-order valence-electron chi connectivity index (χ4n) is 2.75.